The molecular weight excluding hydrogens is 885 g/mol. The van der Waals surface area contributed by atoms with Crippen molar-refractivity contribution in [1.29, 1.82) is 0 Å². The molecule has 1 N–H and O–H groups in total. The van der Waals surface area contributed by atoms with Gasteiger partial charge in [0.25, 0.3) is 0 Å². The maximum Gasteiger partial charge on any atom is 0.303 e. The topological polar surface area (TPSA) is 37.3 Å². The Kier molecular flexibility index (Phi) is 2.38. The minimum absolute atomic E-state index is 0.194. The van der Waals surface area contributed by atoms with Crippen LogP contribution in [0.1, 0.15) is 47.1 Å². The fourth-order valence-electron chi connectivity index (χ4n) is 26.9. The number of carboxylic acids is 1. The molecule has 1 saturated carbocycles. The molecule has 2 nitrogen and oxygen atoms in total. The van der Waals surface area contributed by atoms with Crippen LogP contribution in [0.2, 0.25) is 0 Å². The molecule has 34 rings (SSSR count). The highest BCUT2D eigenvalue weighted by Crippen LogP contribution is 2.97. The van der Waals surface area contributed by atoms with Gasteiger partial charge in [-0.3, -0.25) is 4.79 Å². The molecule has 308 valence electrons. The second-order valence-electron chi connectivity index (χ2n) is 26.8. The van der Waals surface area contributed by atoms with Crippen LogP contribution < -0.4 is 0 Å². The summed E-state index contributed by atoms with van der Waals surface area (Å²) in [5.74, 6) is -0.668. The third-order valence-electron chi connectivity index (χ3n) is 26.7. The Balaban J connectivity index is 1.14. The first-order valence-electron chi connectivity index (χ1n) is 27.3. The van der Waals surface area contributed by atoms with Gasteiger partial charge in [-0.1, -0.05) is 30.3 Å². The summed E-state index contributed by atoms with van der Waals surface area (Å²) in [6.07, 6.45) is 1.71. The molecule has 73 heavy (non-hydrogen) atoms. The van der Waals surface area contributed by atoms with Gasteiger partial charge in [0, 0.05) is 22.7 Å². The SMILES string of the molecule is O=C(O)CCCC1(c2ccccc2)C23c4c5c6c7c8c9c(c%10c%11c2c2c4c4c%12c5c5c6c6c8c8c%13c9c9c%10c%10c%11c%11c2c2c4c4c%12c%12c5c5c6c8c6c8c%13c9c9c%10c%10c%11c2c2c4c4c%12c5c6c5c8c9c%10c2c45)C713. The summed E-state index contributed by atoms with van der Waals surface area (Å²) in [5.41, 5.74) is 7.01. The lowest BCUT2D eigenvalue weighted by Gasteiger charge is -2.32. The number of benzene rings is 19. The average molecular weight is 897 g/mol. The molecule has 5 aliphatic carbocycles. The van der Waals surface area contributed by atoms with E-state index in [-0.39, 0.29) is 22.7 Å². The first kappa shape index (κ1) is 27.7. The van der Waals surface area contributed by atoms with Gasteiger partial charge in [-0.2, -0.15) is 0 Å². The lowest BCUT2D eigenvalue weighted by Crippen LogP contribution is -2.27. The van der Waals surface area contributed by atoms with Gasteiger partial charge in [-0.05, 0) is 332 Å². The number of hydrogen-bond donors (Lipinski definition) is 1. The molecule has 0 aliphatic heterocycles. The van der Waals surface area contributed by atoms with Crippen molar-refractivity contribution in [3.8, 4) is 0 Å². The highest BCUT2D eigenvalue weighted by atomic mass is 16.4. The largest absolute Gasteiger partial charge is 0.481 e. The molecule has 0 aromatic heterocycles. The third-order valence-corrected chi connectivity index (χ3v) is 26.7. The van der Waals surface area contributed by atoms with Crippen LogP contribution in [0, 0.1) is 0 Å². The highest BCUT2D eigenvalue weighted by Gasteiger charge is 2.94. The minimum atomic E-state index is -0.668. The number of rotatable bonds is 5. The van der Waals surface area contributed by atoms with Crippen molar-refractivity contribution in [2.24, 2.45) is 0 Å². The summed E-state index contributed by atoms with van der Waals surface area (Å²) in [5, 5.41) is 98.2. The summed E-state index contributed by atoms with van der Waals surface area (Å²) in [6.45, 7) is 0. The van der Waals surface area contributed by atoms with Gasteiger partial charge in [0.15, 0.2) is 0 Å². The molecule has 2 spiro atoms. The van der Waals surface area contributed by atoms with Gasteiger partial charge in [-0.15, -0.1) is 0 Å². The van der Waals surface area contributed by atoms with Crippen LogP contribution in [0.3, 0.4) is 0 Å². The van der Waals surface area contributed by atoms with E-state index in [1.165, 1.54) is 5.56 Å². The number of carbonyl (C=O) groups is 1. The van der Waals surface area contributed by atoms with Crippen molar-refractivity contribution >= 4 is 297 Å². The maximum atomic E-state index is 13.1. The summed E-state index contributed by atoms with van der Waals surface area (Å²) in [7, 11) is 0. The van der Waals surface area contributed by atoms with E-state index in [4.69, 9.17) is 0 Å². The Morgan fingerprint density at radius 1 is 0.274 bits per heavy atom. The maximum absolute atomic E-state index is 13.1. The fraction of sp³-hybridized carbons (Fsp3) is 0.0845. The molecule has 5 aliphatic rings. The normalized spacial score (nSPS) is 23.8. The van der Waals surface area contributed by atoms with E-state index >= 15 is 0 Å². The standard InChI is InChI=1S/C71H12O2/c72-10(73)7-4-8-69(9-5-2-1-3-6-9)70-65-57-49-39-29-21-13-11-12-15-19-17(13)25-33-27(19)37-31-23(15)24-16(12)20-18-14(11)22(21)30-36-26(18)34-28(20)38-32(24)42-41(31)51-45(37)55-47(33)53(43(49)35(25)29)61(65)63(55)67-59(51)60-52(42)46(38)56-48(34)54-44(36)50(40(30)39)58(57)66(70)62(54)64(56)68(60)71(67,69)70/h1-3,5-6H,4,7-8H2,(H,72,73). The van der Waals surface area contributed by atoms with E-state index in [2.05, 4.69) is 30.3 Å². The zero-order valence-corrected chi connectivity index (χ0v) is 37.4. The monoisotopic (exact) mass is 896 g/mol. The molecule has 29 aromatic carbocycles. The minimum Gasteiger partial charge on any atom is -0.481 e. The van der Waals surface area contributed by atoms with Crippen LogP contribution in [0.25, 0.3) is 291 Å². The quantitative estimate of drug-likeness (QED) is 0.175. The third kappa shape index (κ3) is 1.47. The molecule has 29 aromatic rings. The zero-order chi connectivity index (χ0) is 43.8. The summed E-state index contributed by atoms with van der Waals surface area (Å²) >= 11 is 0. The number of carboxylic acid groups (broad SMARTS) is 1. The van der Waals surface area contributed by atoms with Gasteiger partial charge < -0.3 is 5.11 Å². The van der Waals surface area contributed by atoms with Crippen LogP contribution in [-0.2, 0) is 21.0 Å². The lowest BCUT2D eigenvalue weighted by atomic mass is 9.68. The van der Waals surface area contributed by atoms with Gasteiger partial charge in [-0.25, -0.2) is 0 Å². The average Bonchev–Trinajstić information content (AvgIpc) is 4.38. The van der Waals surface area contributed by atoms with E-state index in [9.17, 15) is 9.90 Å². The molecule has 0 heterocycles. The lowest BCUT2D eigenvalue weighted by molar-refractivity contribution is -0.137. The smallest absolute Gasteiger partial charge is 0.303 e. The van der Waals surface area contributed by atoms with Gasteiger partial charge >= 0.3 is 5.97 Å². The number of aliphatic carboxylic acids is 1. The molecule has 0 saturated heterocycles. The molecule has 0 amide bonds. The molecule has 0 radical (unpaired) electrons. The second kappa shape index (κ2) is 6.28. The van der Waals surface area contributed by atoms with Crippen LogP contribution in [0.4, 0.5) is 0 Å². The molecular formula is C71H12O2. The van der Waals surface area contributed by atoms with Crippen molar-refractivity contribution in [3.63, 3.8) is 0 Å². The Labute approximate surface area is 398 Å². The van der Waals surface area contributed by atoms with E-state index in [1.807, 2.05) is 0 Å². The first-order valence-corrected chi connectivity index (χ1v) is 27.3. The van der Waals surface area contributed by atoms with Crippen LogP contribution in [0.15, 0.2) is 30.3 Å². The second-order valence-corrected chi connectivity index (χ2v) is 26.8. The summed E-state index contributed by atoms with van der Waals surface area (Å²) < 4.78 is 0. The van der Waals surface area contributed by atoms with Gasteiger partial charge in [0.05, 0.1) is 0 Å². The summed E-state index contributed by atoms with van der Waals surface area (Å²) in [6, 6.07) is 11.9. The van der Waals surface area contributed by atoms with E-state index in [1.54, 1.807) is 313 Å². The van der Waals surface area contributed by atoms with Crippen molar-refractivity contribution in [2.45, 2.75) is 35.5 Å². The van der Waals surface area contributed by atoms with Crippen molar-refractivity contribution < 1.29 is 9.90 Å². The van der Waals surface area contributed by atoms with Crippen molar-refractivity contribution in [2.75, 3.05) is 0 Å². The van der Waals surface area contributed by atoms with E-state index in [0.29, 0.717) is 6.42 Å². The van der Waals surface area contributed by atoms with E-state index < -0.39 is 5.97 Å². The Hall–Kier alpha value is -8.85. The van der Waals surface area contributed by atoms with E-state index in [0.717, 1.165) is 6.42 Å². The Morgan fingerprint density at radius 3 is 0.630 bits per heavy atom. The van der Waals surface area contributed by atoms with Crippen molar-refractivity contribution in [1.82, 2.24) is 0 Å². The predicted molar refractivity (Wildman–Crippen MR) is 303 cm³/mol. The first-order chi connectivity index (χ1) is 36.3. The summed E-state index contributed by atoms with van der Waals surface area (Å²) in [4.78, 5) is 13.1. The van der Waals surface area contributed by atoms with Gasteiger partial charge in [0.1, 0.15) is 0 Å². The van der Waals surface area contributed by atoms with Gasteiger partial charge in [0.2, 0.25) is 0 Å². The molecule has 2 heteroatoms. The fourth-order valence-corrected chi connectivity index (χ4v) is 26.9. The Morgan fingerprint density at radius 2 is 0.452 bits per heavy atom. The molecule has 1 fully saturated rings. The van der Waals surface area contributed by atoms with Crippen LogP contribution in [0.5, 0.6) is 0 Å². The predicted octanol–water partition coefficient (Wildman–Crippen LogP) is 18.5. The molecule has 0 bridgehead atoms. The highest BCUT2D eigenvalue weighted by molar-refractivity contribution is 6.82. The van der Waals surface area contributed by atoms with Crippen LogP contribution >= 0.6 is 0 Å². The Bertz CT molecular complexity index is 6940. The zero-order valence-electron chi connectivity index (χ0n) is 37.4. The molecule has 0 atom stereocenters. The number of hydrogen-bond acceptors (Lipinski definition) is 1. The molecule has 0 unspecified atom stereocenters. The van der Waals surface area contributed by atoms with Crippen LogP contribution in [-0.4, -0.2) is 11.1 Å². The van der Waals surface area contributed by atoms with Crippen molar-refractivity contribution in [3.05, 3.63) is 58.1 Å².